The number of aromatic nitrogens is 2. The van der Waals surface area contributed by atoms with Gasteiger partial charge in [0.2, 0.25) is 5.95 Å². The van der Waals surface area contributed by atoms with Crippen molar-refractivity contribution in [2.45, 2.75) is 0 Å². The molecular weight excluding hydrogens is 232 g/mol. The van der Waals surface area contributed by atoms with Crippen LogP contribution in [0.25, 0.3) is 11.3 Å². The molecule has 0 radical (unpaired) electrons. The highest BCUT2D eigenvalue weighted by Gasteiger charge is 2.13. The molecule has 0 saturated carbocycles. The summed E-state index contributed by atoms with van der Waals surface area (Å²) >= 11 is 0. The second-order valence-corrected chi connectivity index (χ2v) is 3.59. The fraction of sp³-hybridized carbons (Fsp3) is 0.0833. The van der Waals surface area contributed by atoms with Gasteiger partial charge < -0.3 is 16.2 Å². The Balaban J connectivity index is 2.61. The van der Waals surface area contributed by atoms with E-state index in [4.69, 9.17) is 16.2 Å². The van der Waals surface area contributed by atoms with Crippen molar-refractivity contribution in [3.05, 3.63) is 36.0 Å². The van der Waals surface area contributed by atoms with Crippen LogP contribution in [0.2, 0.25) is 0 Å². The monoisotopic (exact) mass is 244 g/mol. The number of carbonyl (C=O) groups is 1. The summed E-state index contributed by atoms with van der Waals surface area (Å²) in [5.74, 6) is 0.130. The molecule has 6 nitrogen and oxygen atoms in total. The first kappa shape index (κ1) is 11.8. The van der Waals surface area contributed by atoms with Gasteiger partial charge in [0.1, 0.15) is 5.75 Å². The summed E-state index contributed by atoms with van der Waals surface area (Å²) in [6.45, 7) is 0. The molecule has 0 aliphatic carbocycles. The molecule has 0 unspecified atom stereocenters. The summed E-state index contributed by atoms with van der Waals surface area (Å²) < 4.78 is 5.12. The Bertz CT molecular complexity index is 598. The average Bonchev–Trinajstić information content (AvgIpc) is 2.38. The third-order valence-corrected chi connectivity index (χ3v) is 2.42. The molecule has 6 heteroatoms. The molecule has 1 aromatic heterocycles. The van der Waals surface area contributed by atoms with Gasteiger partial charge in [0.05, 0.1) is 18.4 Å². The van der Waals surface area contributed by atoms with Crippen LogP contribution in [-0.2, 0) is 0 Å². The summed E-state index contributed by atoms with van der Waals surface area (Å²) in [5, 5.41) is 0. The van der Waals surface area contributed by atoms with Crippen LogP contribution in [0.4, 0.5) is 5.95 Å². The molecule has 0 aliphatic rings. The summed E-state index contributed by atoms with van der Waals surface area (Å²) in [6.07, 6.45) is 1.32. The highest BCUT2D eigenvalue weighted by atomic mass is 16.5. The van der Waals surface area contributed by atoms with Crippen molar-refractivity contribution in [3.8, 4) is 17.0 Å². The van der Waals surface area contributed by atoms with Crippen LogP contribution in [0.3, 0.4) is 0 Å². The van der Waals surface area contributed by atoms with Gasteiger partial charge in [0.15, 0.2) is 0 Å². The maximum Gasteiger partial charge on any atom is 0.252 e. The van der Waals surface area contributed by atoms with Crippen molar-refractivity contribution in [2.24, 2.45) is 5.73 Å². The Kier molecular flexibility index (Phi) is 3.09. The molecule has 1 aromatic carbocycles. The minimum Gasteiger partial charge on any atom is -0.497 e. The maximum absolute atomic E-state index is 11.3. The Labute approximate surface area is 104 Å². The Morgan fingerprint density at radius 2 is 2.17 bits per heavy atom. The molecule has 0 fully saturated rings. The van der Waals surface area contributed by atoms with Crippen LogP contribution in [0.1, 0.15) is 10.4 Å². The lowest BCUT2D eigenvalue weighted by Crippen LogP contribution is -2.14. The molecule has 1 amide bonds. The van der Waals surface area contributed by atoms with Gasteiger partial charge in [-0.1, -0.05) is 12.1 Å². The van der Waals surface area contributed by atoms with E-state index in [0.29, 0.717) is 17.0 Å². The largest absolute Gasteiger partial charge is 0.497 e. The van der Waals surface area contributed by atoms with Gasteiger partial charge in [-0.15, -0.1) is 0 Å². The molecule has 0 atom stereocenters. The highest BCUT2D eigenvalue weighted by molar-refractivity contribution is 5.98. The van der Waals surface area contributed by atoms with E-state index in [-0.39, 0.29) is 11.5 Å². The standard InChI is InChI=1S/C12H12N4O2/c1-18-8-4-2-3-7(5-8)10-9(11(13)17)6-15-12(14)16-10/h2-6H,1H3,(H2,13,17)(H2,14,15,16). The van der Waals surface area contributed by atoms with Gasteiger partial charge in [-0.05, 0) is 12.1 Å². The van der Waals surface area contributed by atoms with Crippen LogP contribution < -0.4 is 16.2 Å². The molecule has 92 valence electrons. The van der Waals surface area contributed by atoms with Gasteiger partial charge in [-0.3, -0.25) is 4.79 Å². The smallest absolute Gasteiger partial charge is 0.252 e. The highest BCUT2D eigenvalue weighted by Crippen LogP contribution is 2.25. The van der Waals surface area contributed by atoms with Crippen molar-refractivity contribution >= 4 is 11.9 Å². The number of benzene rings is 1. The number of nitrogens with zero attached hydrogens (tertiary/aromatic N) is 2. The van der Waals surface area contributed by atoms with Crippen LogP contribution in [0.5, 0.6) is 5.75 Å². The predicted octanol–water partition coefficient (Wildman–Crippen LogP) is 0.833. The Morgan fingerprint density at radius 3 is 2.83 bits per heavy atom. The minimum atomic E-state index is -0.604. The van der Waals surface area contributed by atoms with E-state index < -0.39 is 5.91 Å². The first-order valence-corrected chi connectivity index (χ1v) is 5.18. The lowest BCUT2D eigenvalue weighted by molar-refractivity contribution is 0.100. The molecule has 0 bridgehead atoms. The number of nitrogen functional groups attached to an aromatic ring is 1. The number of primary amides is 1. The number of rotatable bonds is 3. The van der Waals surface area contributed by atoms with E-state index in [2.05, 4.69) is 9.97 Å². The van der Waals surface area contributed by atoms with Gasteiger partial charge in [-0.25, -0.2) is 9.97 Å². The molecular formula is C12H12N4O2. The first-order valence-electron chi connectivity index (χ1n) is 5.18. The summed E-state index contributed by atoms with van der Waals surface area (Å²) in [7, 11) is 1.56. The zero-order chi connectivity index (χ0) is 13.1. The Hall–Kier alpha value is -2.63. The van der Waals surface area contributed by atoms with Crippen molar-refractivity contribution in [1.29, 1.82) is 0 Å². The molecule has 4 N–H and O–H groups in total. The van der Waals surface area contributed by atoms with E-state index in [1.807, 2.05) is 0 Å². The number of amides is 1. The molecule has 2 aromatic rings. The number of anilines is 1. The van der Waals surface area contributed by atoms with Gasteiger partial charge in [-0.2, -0.15) is 0 Å². The second-order valence-electron chi connectivity index (χ2n) is 3.59. The lowest BCUT2D eigenvalue weighted by atomic mass is 10.1. The lowest BCUT2D eigenvalue weighted by Gasteiger charge is -2.07. The molecule has 0 spiro atoms. The quantitative estimate of drug-likeness (QED) is 0.832. The second kappa shape index (κ2) is 4.70. The molecule has 0 saturated heterocycles. The Morgan fingerprint density at radius 1 is 1.39 bits per heavy atom. The predicted molar refractivity (Wildman–Crippen MR) is 67.0 cm³/mol. The molecule has 2 rings (SSSR count). The summed E-state index contributed by atoms with van der Waals surface area (Å²) in [4.78, 5) is 19.1. The SMILES string of the molecule is COc1cccc(-c2nc(N)ncc2C(N)=O)c1. The molecule has 18 heavy (non-hydrogen) atoms. The summed E-state index contributed by atoms with van der Waals surface area (Å²) in [5.41, 5.74) is 12.1. The van der Waals surface area contributed by atoms with Crippen LogP contribution in [0, 0.1) is 0 Å². The molecule has 0 aliphatic heterocycles. The van der Waals surface area contributed by atoms with E-state index in [0.717, 1.165) is 0 Å². The minimum absolute atomic E-state index is 0.0813. The van der Waals surface area contributed by atoms with E-state index in [1.165, 1.54) is 6.20 Å². The van der Waals surface area contributed by atoms with Gasteiger partial charge in [0.25, 0.3) is 5.91 Å². The van der Waals surface area contributed by atoms with Crippen molar-refractivity contribution in [3.63, 3.8) is 0 Å². The number of nitrogens with two attached hydrogens (primary N) is 2. The maximum atomic E-state index is 11.3. The average molecular weight is 244 g/mol. The van der Waals surface area contributed by atoms with Crippen molar-refractivity contribution in [2.75, 3.05) is 12.8 Å². The normalized spacial score (nSPS) is 10.1. The summed E-state index contributed by atoms with van der Waals surface area (Å²) in [6, 6.07) is 7.11. The van der Waals surface area contributed by atoms with E-state index in [9.17, 15) is 4.79 Å². The number of methoxy groups -OCH3 is 1. The van der Waals surface area contributed by atoms with E-state index >= 15 is 0 Å². The fourth-order valence-corrected chi connectivity index (χ4v) is 1.57. The number of carbonyl (C=O) groups excluding carboxylic acids is 1. The topological polar surface area (TPSA) is 104 Å². The van der Waals surface area contributed by atoms with Crippen molar-refractivity contribution in [1.82, 2.24) is 9.97 Å². The zero-order valence-electron chi connectivity index (χ0n) is 9.75. The number of hydrogen-bond acceptors (Lipinski definition) is 5. The van der Waals surface area contributed by atoms with Crippen molar-refractivity contribution < 1.29 is 9.53 Å². The van der Waals surface area contributed by atoms with E-state index in [1.54, 1.807) is 31.4 Å². The molecule has 1 heterocycles. The zero-order valence-corrected chi connectivity index (χ0v) is 9.75. The number of ether oxygens (including phenoxy) is 1. The first-order chi connectivity index (χ1) is 8.61. The third-order valence-electron chi connectivity index (χ3n) is 2.42. The fourth-order valence-electron chi connectivity index (χ4n) is 1.57. The third kappa shape index (κ3) is 2.22. The van der Waals surface area contributed by atoms with Gasteiger partial charge in [0, 0.05) is 11.8 Å². The van der Waals surface area contributed by atoms with Crippen LogP contribution in [-0.4, -0.2) is 23.0 Å². The number of hydrogen-bond donors (Lipinski definition) is 2. The van der Waals surface area contributed by atoms with Crippen LogP contribution in [0.15, 0.2) is 30.5 Å². The van der Waals surface area contributed by atoms with Crippen LogP contribution >= 0.6 is 0 Å². The van der Waals surface area contributed by atoms with Gasteiger partial charge >= 0.3 is 0 Å².